The Morgan fingerprint density at radius 1 is 1.20 bits per heavy atom. The number of carbonyl (C=O) groups excluding carboxylic acids is 2. The highest BCUT2D eigenvalue weighted by molar-refractivity contribution is 6.30. The number of hydrogen-bond acceptors (Lipinski definition) is 2. The number of hydrogen-bond donors (Lipinski definition) is 2. The first kappa shape index (κ1) is 18.2. The molecule has 4 atom stereocenters. The van der Waals surface area contributed by atoms with Crippen LogP contribution in [0.4, 0.5) is 0 Å². The van der Waals surface area contributed by atoms with Crippen LogP contribution in [-0.2, 0) is 4.79 Å². The Labute approximate surface area is 154 Å². The number of nitrogens with one attached hydrogen (secondary N) is 2. The Balaban J connectivity index is 1.32. The van der Waals surface area contributed by atoms with Crippen LogP contribution in [0.15, 0.2) is 24.3 Å². The fourth-order valence-electron chi connectivity index (χ4n) is 4.49. The molecule has 25 heavy (non-hydrogen) atoms. The number of benzene rings is 1. The highest BCUT2D eigenvalue weighted by Gasteiger charge is 2.41. The van der Waals surface area contributed by atoms with E-state index in [1.54, 1.807) is 24.3 Å². The van der Waals surface area contributed by atoms with Crippen LogP contribution < -0.4 is 10.6 Å². The predicted octanol–water partition coefficient (Wildman–Crippen LogP) is 3.79. The maximum absolute atomic E-state index is 12.1. The predicted molar refractivity (Wildman–Crippen MR) is 99.6 cm³/mol. The summed E-state index contributed by atoms with van der Waals surface area (Å²) in [5.74, 6) is 2.34. The lowest BCUT2D eigenvalue weighted by Crippen LogP contribution is -2.40. The van der Waals surface area contributed by atoms with Crippen molar-refractivity contribution in [2.24, 2.45) is 17.8 Å². The van der Waals surface area contributed by atoms with Crippen LogP contribution in [0.25, 0.3) is 0 Å². The quantitative estimate of drug-likeness (QED) is 0.725. The number of fused-ring (bicyclic) bond motifs is 2. The molecule has 1 aromatic rings. The highest BCUT2D eigenvalue weighted by Crippen LogP contribution is 2.49. The number of carbonyl (C=O) groups is 2. The average molecular weight is 363 g/mol. The second-order valence-corrected chi connectivity index (χ2v) is 8.00. The van der Waals surface area contributed by atoms with Gasteiger partial charge in [0.1, 0.15) is 0 Å². The van der Waals surface area contributed by atoms with E-state index in [2.05, 4.69) is 17.6 Å². The summed E-state index contributed by atoms with van der Waals surface area (Å²) in [6.07, 6.45) is 6.47. The van der Waals surface area contributed by atoms with Crippen molar-refractivity contribution in [3.63, 3.8) is 0 Å². The molecule has 2 amide bonds. The van der Waals surface area contributed by atoms with Gasteiger partial charge in [-0.15, -0.1) is 0 Å². The molecule has 2 aliphatic carbocycles. The third-order valence-electron chi connectivity index (χ3n) is 5.80. The van der Waals surface area contributed by atoms with E-state index in [1.165, 1.54) is 25.7 Å². The van der Waals surface area contributed by atoms with Gasteiger partial charge in [-0.3, -0.25) is 9.59 Å². The van der Waals surface area contributed by atoms with Crippen LogP contribution in [0.1, 0.15) is 55.8 Å². The van der Waals surface area contributed by atoms with Crippen LogP contribution in [0.5, 0.6) is 0 Å². The molecule has 136 valence electrons. The summed E-state index contributed by atoms with van der Waals surface area (Å²) in [6, 6.07) is 7.05. The molecule has 4 nitrogen and oxygen atoms in total. The lowest BCUT2D eigenvalue weighted by atomic mass is 9.84. The summed E-state index contributed by atoms with van der Waals surface area (Å²) in [7, 11) is 0. The van der Waals surface area contributed by atoms with Crippen molar-refractivity contribution >= 4 is 23.4 Å². The summed E-state index contributed by atoms with van der Waals surface area (Å²) in [4.78, 5) is 24.1. The van der Waals surface area contributed by atoms with E-state index in [9.17, 15) is 9.59 Å². The van der Waals surface area contributed by atoms with Crippen LogP contribution in [0.3, 0.4) is 0 Å². The number of amides is 2. The first-order valence-electron chi connectivity index (χ1n) is 9.36. The van der Waals surface area contributed by atoms with Gasteiger partial charge >= 0.3 is 0 Å². The minimum absolute atomic E-state index is 0.0935. The zero-order chi connectivity index (χ0) is 17.8. The van der Waals surface area contributed by atoms with Gasteiger partial charge in [0.2, 0.25) is 5.91 Å². The van der Waals surface area contributed by atoms with E-state index in [1.807, 2.05) is 0 Å². The third kappa shape index (κ3) is 4.75. The van der Waals surface area contributed by atoms with E-state index < -0.39 is 0 Å². The smallest absolute Gasteiger partial charge is 0.251 e. The molecule has 2 N–H and O–H groups in total. The van der Waals surface area contributed by atoms with Crippen molar-refractivity contribution < 1.29 is 9.59 Å². The number of halogens is 1. The molecule has 2 aliphatic rings. The fraction of sp³-hybridized carbons (Fsp3) is 0.600. The van der Waals surface area contributed by atoms with Gasteiger partial charge in [-0.25, -0.2) is 0 Å². The Morgan fingerprint density at radius 2 is 1.96 bits per heavy atom. The molecule has 0 aliphatic heterocycles. The lowest BCUT2D eigenvalue weighted by Gasteiger charge is -2.28. The highest BCUT2D eigenvalue weighted by atomic mass is 35.5. The van der Waals surface area contributed by atoms with E-state index in [0.29, 0.717) is 35.9 Å². The standard InChI is InChI=1S/C20H27ClN2O2/c1-13(18-12-14-4-5-16(18)11-14)23-19(24)3-2-10-22-20(25)15-6-8-17(21)9-7-15/h6-9,13-14,16,18H,2-5,10-12H2,1H3,(H,22,25)(H,23,24). The summed E-state index contributed by atoms with van der Waals surface area (Å²) >= 11 is 5.81. The molecular formula is C20H27ClN2O2. The van der Waals surface area contributed by atoms with Gasteiger partial charge in [0, 0.05) is 29.6 Å². The Bertz CT molecular complexity index is 617. The molecule has 2 saturated carbocycles. The normalized spacial score (nSPS) is 25.6. The van der Waals surface area contributed by atoms with E-state index in [0.717, 1.165) is 11.8 Å². The lowest BCUT2D eigenvalue weighted by molar-refractivity contribution is -0.122. The van der Waals surface area contributed by atoms with E-state index in [-0.39, 0.29) is 17.9 Å². The van der Waals surface area contributed by atoms with Crippen molar-refractivity contribution in [1.82, 2.24) is 10.6 Å². The third-order valence-corrected chi connectivity index (χ3v) is 6.05. The first-order chi connectivity index (χ1) is 12.0. The van der Waals surface area contributed by atoms with Gasteiger partial charge in [0.05, 0.1) is 0 Å². The van der Waals surface area contributed by atoms with Gasteiger partial charge in [0.15, 0.2) is 0 Å². The molecule has 0 heterocycles. The zero-order valence-corrected chi connectivity index (χ0v) is 15.5. The van der Waals surface area contributed by atoms with Gasteiger partial charge < -0.3 is 10.6 Å². The van der Waals surface area contributed by atoms with Crippen LogP contribution in [-0.4, -0.2) is 24.4 Å². The zero-order valence-electron chi connectivity index (χ0n) is 14.8. The summed E-state index contributed by atoms with van der Waals surface area (Å²) in [5, 5.41) is 6.62. The van der Waals surface area contributed by atoms with Crippen molar-refractivity contribution in [2.75, 3.05) is 6.54 Å². The minimum atomic E-state index is -0.132. The molecule has 0 saturated heterocycles. The molecule has 0 aromatic heterocycles. The fourth-order valence-corrected chi connectivity index (χ4v) is 4.62. The topological polar surface area (TPSA) is 58.2 Å². The molecule has 5 heteroatoms. The van der Waals surface area contributed by atoms with Crippen LogP contribution in [0.2, 0.25) is 5.02 Å². The van der Waals surface area contributed by atoms with Gasteiger partial charge in [0.25, 0.3) is 5.91 Å². The van der Waals surface area contributed by atoms with E-state index >= 15 is 0 Å². The van der Waals surface area contributed by atoms with Crippen molar-refractivity contribution in [2.45, 2.75) is 51.5 Å². The maximum atomic E-state index is 12.1. The second-order valence-electron chi connectivity index (χ2n) is 7.56. The first-order valence-corrected chi connectivity index (χ1v) is 9.74. The average Bonchev–Trinajstić information content (AvgIpc) is 3.22. The van der Waals surface area contributed by atoms with E-state index in [4.69, 9.17) is 11.6 Å². The molecule has 3 rings (SSSR count). The number of rotatable bonds is 7. The van der Waals surface area contributed by atoms with Crippen LogP contribution >= 0.6 is 11.6 Å². The summed E-state index contributed by atoms with van der Waals surface area (Å²) in [5.41, 5.74) is 0.582. The van der Waals surface area contributed by atoms with Crippen molar-refractivity contribution in [3.8, 4) is 0 Å². The Kier molecular flexibility index (Phi) is 6.00. The maximum Gasteiger partial charge on any atom is 0.251 e. The van der Waals surface area contributed by atoms with Gasteiger partial charge in [-0.05, 0) is 74.6 Å². The van der Waals surface area contributed by atoms with Crippen LogP contribution in [0, 0.1) is 17.8 Å². The molecule has 0 spiro atoms. The minimum Gasteiger partial charge on any atom is -0.353 e. The largest absolute Gasteiger partial charge is 0.353 e. The van der Waals surface area contributed by atoms with Crippen molar-refractivity contribution in [1.29, 1.82) is 0 Å². The molecule has 0 radical (unpaired) electrons. The van der Waals surface area contributed by atoms with Crippen molar-refractivity contribution in [3.05, 3.63) is 34.9 Å². The summed E-state index contributed by atoms with van der Waals surface area (Å²) < 4.78 is 0. The monoisotopic (exact) mass is 362 g/mol. The van der Waals surface area contributed by atoms with Gasteiger partial charge in [-0.1, -0.05) is 18.0 Å². The summed E-state index contributed by atoms with van der Waals surface area (Å²) in [6.45, 7) is 2.64. The SMILES string of the molecule is CC(NC(=O)CCCNC(=O)c1ccc(Cl)cc1)C1CC2CCC1C2. The molecule has 2 bridgehead atoms. The molecular weight excluding hydrogens is 336 g/mol. The molecule has 2 fully saturated rings. The van der Waals surface area contributed by atoms with Gasteiger partial charge in [-0.2, -0.15) is 0 Å². The molecule has 4 unspecified atom stereocenters. The second kappa shape index (κ2) is 8.22. The Hall–Kier alpha value is -1.55. The Morgan fingerprint density at radius 3 is 2.60 bits per heavy atom. The molecule has 1 aromatic carbocycles.